The summed E-state index contributed by atoms with van der Waals surface area (Å²) in [6, 6.07) is 1.31. The Morgan fingerprint density at radius 3 is 2.75 bits per heavy atom. The van der Waals surface area contributed by atoms with E-state index in [1.54, 1.807) is 7.11 Å². The SMILES string of the molecule is COCC1CCN(C(C)CCNC(C)C)C1. The number of nitrogens with zero attached hydrogens (tertiary/aromatic N) is 1. The standard InChI is InChI=1S/C13H28N2O/c1-11(2)14-7-5-12(3)15-8-6-13(9-15)10-16-4/h11-14H,5-10H2,1-4H3. The highest BCUT2D eigenvalue weighted by Crippen LogP contribution is 2.19. The van der Waals surface area contributed by atoms with Gasteiger partial charge in [0.1, 0.15) is 0 Å². The third-order valence-electron chi connectivity index (χ3n) is 3.46. The highest BCUT2D eigenvalue weighted by molar-refractivity contribution is 4.79. The van der Waals surface area contributed by atoms with Crippen LogP contribution < -0.4 is 5.32 Å². The molecular weight excluding hydrogens is 200 g/mol. The van der Waals surface area contributed by atoms with Crippen molar-refractivity contribution >= 4 is 0 Å². The molecule has 0 saturated carbocycles. The fourth-order valence-corrected chi connectivity index (χ4v) is 2.40. The van der Waals surface area contributed by atoms with Crippen molar-refractivity contribution in [3.8, 4) is 0 Å². The lowest BCUT2D eigenvalue weighted by molar-refractivity contribution is 0.147. The van der Waals surface area contributed by atoms with E-state index in [9.17, 15) is 0 Å². The molecule has 96 valence electrons. The van der Waals surface area contributed by atoms with Crippen molar-refractivity contribution in [3.63, 3.8) is 0 Å². The predicted octanol–water partition coefficient (Wildman–Crippen LogP) is 1.73. The third kappa shape index (κ3) is 4.81. The number of hydrogen-bond donors (Lipinski definition) is 1. The number of methoxy groups -OCH3 is 1. The quantitative estimate of drug-likeness (QED) is 0.718. The summed E-state index contributed by atoms with van der Waals surface area (Å²) in [5.41, 5.74) is 0. The Morgan fingerprint density at radius 1 is 1.38 bits per heavy atom. The molecule has 16 heavy (non-hydrogen) atoms. The highest BCUT2D eigenvalue weighted by Gasteiger charge is 2.25. The molecule has 0 radical (unpaired) electrons. The zero-order valence-electron chi connectivity index (χ0n) is 11.3. The first-order chi connectivity index (χ1) is 7.63. The van der Waals surface area contributed by atoms with E-state index >= 15 is 0 Å². The van der Waals surface area contributed by atoms with Crippen LogP contribution in [0.5, 0.6) is 0 Å². The lowest BCUT2D eigenvalue weighted by Gasteiger charge is -2.24. The molecule has 0 spiro atoms. The van der Waals surface area contributed by atoms with Crippen molar-refractivity contribution < 1.29 is 4.74 Å². The highest BCUT2D eigenvalue weighted by atomic mass is 16.5. The maximum absolute atomic E-state index is 5.23. The maximum Gasteiger partial charge on any atom is 0.0503 e. The molecule has 1 heterocycles. The van der Waals surface area contributed by atoms with Gasteiger partial charge < -0.3 is 15.0 Å². The molecule has 0 aliphatic carbocycles. The molecular formula is C13H28N2O. The second-order valence-corrected chi connectivity index (χ2v) is 5.35. The van der Waals surface area contributed by atoms with Gasteiger partial charge in [-0.1, -0.05) is 13.8 Å². The van der Waals surface area contributed by atoms with Crippen molar-refractivity contribution in [3.05, 3.63) is 0 Å². The summed E-state index contributed by atoms with van der Waals surface area (Å²) in [6.45, 7) is 11.3. The van der Waals surface area contributed by atoms with Gasteiger partial charge in [-0.2, -0.15) is 0 Å². The molecule has 2 atom stereocenters. The van der Waals surface area contributed by atoms with Gasteiger partial charge in [-0.25, -0.2) is 0 Å². The molecule has 0 aromatic carbocycles. The Labute approximate surface area is 101 Å². The van der Waals surface area contributed by atoms with Gasteiger partial charge >= 0.3 is 0 Å². The first-order valence-corrected chi connectivity index (χ1v) is 6.59. The van der Waals surface area contributed by atoms with Crippen LogP contribution in [0, 0.1) is 5.92 Å². The topological polar surface area (TPSA) is 24.5 Å². The molecule has 0 bridgehead atoms. The fourth-order valence-electron chi connectivity index (χ4n) is 2.40. The normalized spacial score (nSPS) is 24.2. The number of ether oxygens (including phenoxy) is 1. The zero-order chi connectivity index (χ0) is 12.0. The molecule has 1 aliphatic heterocycles. The van der Waals surface area contributed by atoms with E-state index in [2.05, 4.69) is 31.0 Å². The van der Waals surface area contributed by atoms with Crippen molar-refractivity contribution in [1.82, 2.24) is 10.2 Å². The lowest BCUT2D eigenvalue weighted by atomic mass is 10.1. The summed E-state index contributed by atoms with van der Waals surface area (Å²) < 4.78 is 5.23. The van der Waals surface area contributed by atoms with E-state index in [0.717, 1.165) is 19.1 Å². The largest absolute Gasteiger partial charge is 0.384 e. The van der Waals surface area contributed by atoms with Gasteiger partial charge in [-0.15, -0.1) is 0 Å². The van der Waals surface area contributed by atoms with E-state index in [1.165, 1.54) is 25.9 Å². The summed E-state index contributed by atoms with van der Waals surface area (Å²) >= 11 is 0. The molecule has 3 heteroatoms. The van der Waals surface area contributed by atoms with Crippen LogP contribution in [-0.4, -0.2) is 50.3 Å². The smallest absolute Gasteiger partial charge is 0.0503 e. The molecule has 1 N–H and O–H groups in total. The molecule has 0 aromatic rings. The lowest BCUT2D eigenvalue weighted by Crippen LogP contribution is -2.35. The van der Waals surface area contributed by atoms with E-state index in [4.69, 9.17) is 4.74 Å². The molecule has 1 saturated heterocycles. The predicted molar refractivity (Wildman–Crippen MR) is 68.8 cm³/mol. The molecule has 2 unspecified atom stereocenters. The fraction of sp³-hybridized carbons (Fsp3) is 1.00. The van der Waals surface area contributed by atoms with E-state index in [1.807, 2.05) is 0 Å². The number of rotatable bonds is 7. The summed E-state index contributed by atoms with van der Waals surface area (Å²) in [5.74, 6) is 0.755. The number of hydrogen-bond acceptors (Lipinski definition) is 3. The Morgan fingerprint density at radius 2 is 2.12 bits per heavy atom. The minimum absolute atomic E-state index is 0.604. The molecule has 1 aliphatic rings. The monoisotopic (exact) mass is 228 g/mol. The first kappa shape index (κ1) is 13.9. The van der Waals surface area contributed by atoms with Gasteiger partial charge in [-0.05, 0) is 38.8 Å². The molecule has 1 fully saturated rings. The van der Waals surface area contributed by atoms with Crippen LogP contribution >= 0.6 is 0 Å². The van der Waals surface area contributed by atoms with Crippen molar-refractivity contribution in [2.75, 3.05) is 33.4 Å². The van der Waals surface area contributed by atoms with E-state index in [-0.39, 0.29) is 0 Å². The van der Waals surface area contributed by atoms with E-state index < -0.39 is 0 Å². The summed E-state index contributed by atoms with van der Waals surface area (Å²) in [4.78, 5) is 2.60. The maximum atomic E-state index is 5.23. The Hall–Kier alpha value is -0.120. The number of nitrogens with one attached hydrogen (secondary N) is 1. The third-order valence-corrected chi connectivity index (χ3v) is 3.46. The molecule has 0 amide bonds. The first-order valence-electron chi connectivity index (χ1n) is 6.59. The van der Waals surface area contributed by atoms with Gasteiger partial charge in [0.25, 0.3) is 0 Å². The van der Waals surface area contributed by atoms with Gasteiger partial charge in [0.15, 0.2) is 0 Å². The molecule has 1 rings (SSSR count). The molecule has 0 aromatic heterocycles. The van der Waals surface area contributed by atoms with Crippen molar-refractivity contribution in [1.29, 1.82) is 0 Å². The van der Waals surface area contributed by atoms with Crippen LogP contribution in [0.15, 0.2) is 0 Å². The summed E-state index contributed by atoms with van der Waals surface area (Å²) in [5, 5.41) is 3.48. The van der Waals surface area contributed by atoms with E-state index in [0.29, 0.717) is 12.1 Å². The average Bonchev–Trinajstić information content (AvgIpc) is 2.66. The average molecular weight is 228 g/mol. The Kier molecular flexibility index (Phi) is 6.32. The Bertz CT molecular complexity index is 185. The minimum Gasteiger partial charge on any atom is -0.384 e. The van der Waals surface area contributed by atoms with Gasteiger partial charge in [-0.3, -0.25) is 0 Å². The van der Waals surface area contributed by atoms with Crippen molar-refractivity contribution in [2.24, 2.45) is 5.92 Å². The summed E-state index contributed by atoms with van der Waals surface area (Å²) in [7, 11) is 1.80. The summed E-state index contributed by atoms with van der Waals surface area (Å²) in [6.07, 6.45) is 2.55. The Balaban J connectivity index is 2.15. The number of likely N-dealkylation sites (tertiary alicyclic amines) is 1. The van der Waals surface area contributed by atoms with Crippen LogP contribution in [0.1, 0.15) is 33.6 Å². The van der Waals surface area contributed by atoms with Crippen LogP contribution in [0.3, 0.4) is 0 Å². The van der Waals surface area contributed by atoms with Gasteiger partial charge in [0.05, 0.1) is 6.61 Å². The molecule has 3 nitrogen and oxygen atoms in total. The van der Waals surface area contributed by atoms with Gasteiger partial charge in [0.2, 0.25) is 0 Å². The van der Waals surface area contributed by atoms with Crippen LogP contribution in [0.4, 0.5) is 0 Å². The van der Waals surface area contributed by atoms with Crippen LogP contribution in [0.25, 0.3) is 0 Å². The zero-order valence-corrected chi connectivity index (χ0v) is 11.3. The minimum atomic E-state index is 0.604. The van der Waals surface area contributed by atoms with Crippen LogP contribution in [-0.2, 0) is 4.74 Å². The second kappa shape index (κ2) is 7.25. The van der Waals surface area contributed by atoms with Crippen LogP contribution in [0.2, 0.25) is 0 Å². The van der Waals surface area contributed by atoms with Gasteiger partial charge in [0, 0.05) is 25.7 Å². The van der Waals surface area contributed by atoms with Crippen molar-refractivity contribution in [2.45, 2.75) is 45.7 Å². The second-order valence-electron chi connectivity index (χ2n) is 5.35.